The molecule has 0 unspecified atom stereocenters. The van der Waals surface area contributed by atoms with E-state index < -0.39 is 12.3 Å². The van der Waals surface area contributed by atoms with Crippen LogP contribution >= 0.6 is 34.8 Å². The SMILES string of the molecule is CN(/C(=N\C(Cl)=C/C=O)C(F)F)c1cccc(Cl)c1Cl. The average Bonchev–Trinajstić information content (AvgIpc) is 2.38. The average molecular weight is 342 g/mol. The molecule has 1 aromatic rings. The van der Waals surface area contributed by atoms with Gasteiger partial charge in [0.1, 0.15) is 11.4 Å². The van der Waals surface area contributed by atoms with Gasteiger partial charge in [0.2, 0.25) is 0 Å². The summed E-state index contributed by atoms with van der Waals surface area (Å²) in [4.78, 5) is 14.8. The molecular formula is C12H9Cl3F2N2O. The highest BCUT2D eigenvalue weighted by atomic mass is 35.5. The quantitative estimate of drug-likeness (QED) is 0.268. The predicted octanol–water partition coefficient (Wildman–Crippen LogP) is 4.37. The smallest absolute Gasteiger partial charge is 0.295 e. The van der Waals surface area contributed by atoms with Crippen LogP contribution in [0.4, 0.5) is 14.5 Å². The molecule has 0 spiro atoms. The summed E-state index contributed by atoms with van der Waals surface area (Å²) in [6.07, 6.45) is -1.71. The lowest BCUT2D eigenvalue weighted by Gasteiger charge is -2.22. The number of hydrogen-bond acceptors (Lipinski definition) is 2. The maximum absolute atomic E-state index is 13.0. The van der Waals surface area contributed by atoms with Crippen LogP contribution in [-0.2, 0) is 4.79 Å². The van der Waals surface area contributed by atoms with Crippen molar-refractivity contribution < 1.29 is 13.6 Å². The molecule has 3 nitrogen and oxygen atoms in total. The molecule has 8 heteroatoms. The zero-order chi connectivity index (χ0) is 15.3. The van der Waals surface area contributed by atoms with Crippen molar-refractivity contribution in [1.82, 2.24) is 0 Å². The van der Waals surface area contributed by atoms with Gasteiger partial charge in [-0.3, -0.25) is 4.79 Å². The Bertz CT molecular complexity index is 562. The van der Waals surface area contributed by atoms with E-state index in [1.807, 2.05) is 0 Å². The summed E-state index contributed by atoms with van der Waals surface area (Å²) in [5, 5.41) is -0.0278. The number of halogens is 5. The highest BCUT2D eigenvalue weighted by Crippen LogP contribution is 2.32. The van der Waals surface area contributed by atoms with Crippen molar-refractivity contribution in [1.29, 1.82) is 0 Å². The van der Waals surface area contributed by atoms with Crippen LogP contribution in [0.2, 0.25) is 10.0 Å². The van der Waals surface area contributed by atoms with E-state index in [1.54, 1.807) is 6.07 Å². The zero-order valence-electron chi connectivity index (χ0n) is 10.2. The largest absolute Gasteiger partial charge is 0.327 e. The molecule has 0 bridgehead atoms. The molecular weight excluding hydrogens is 332 g/mol. The third kappa shape index (κ3) is 4.16. The minimum absolute atomic E-state index is 0.112. The van der Waals surface area contributed by atoms with Crippen molar-refractivity contribution in [3.63, 3.8) is 0 Å². The van der Waals surface area contributed by atoms with Crippen LogP contribution in [0.1, 0.15) is 0 Å². The van der Waals surface area contributed by atoms with Crippen molar-refractivity contribution >= 4 is 52.6 Å². The number of rotatable bonds is 4. The third-order valence-corrected chi connectivity index (χ3v) is 3.28. The van der Waals surface area contributed by atoms with Gasteiger partial charge in [-0.1, -0.05) is 40.9 Å². The van der Waals surface area contributed by atoms with Gasteiger partial charge < -0.3 is 4.90 Å². The minimum Gasteiger partial charge on any atom is -0.327 e. The Morgan fingerprint density at radius 3 is 2.60 bits per heavy atom. The van der Waals surface area contributed by atoms with Crippen LogP contribution in [0, 0.1) is 0 Å². The number of carbonyl (C=O) groups is 1. The van der Waals surface area contributed by atoms with E-state index >= 15 is 0 Å². The molecule has 1 aromatic carbocycles. The summed E-state index contributed by atoms with van der Waals surface area (Å²) in [5.41, 5.74) is 0.244. The van der Waals surface area contributed by atoms with Crippen molar-refractivity contribution in [3.05, 3.63) is 39.5 Å². The van der Waals surface area contributed by atoms with E-state index in [9.17, 15) is 13.6 Å². The molecule has 0 fully saturated rings. The van der Waals surface area contributed by atoms with Crippen molar-refractivity contribution in [3.8, 4) is 0 Å². The molecule has 0 saturated heterocycles. The molecule has 0 amide bonds. The van der Waals surface area contributed by atoms with Gasteiger partial charge in [-0.05, 0) is 12.1 Å². The zero-order valence-corrected chi connectivity index (χ0v) is 12.4. The molecule has 0 aliphatic heterocycles. The van der Waals surface area contributed by atoms with Crippen molar-refractivity contribution in [2.45, 2.75) is 6.43 Å². The van der Waals surface area contributed by atoms with Gasteiger partial charge in [-0.2, -0.15) is 0 Å². The van der Waals surface area contributed by atoms with Crippen LogP contribution in [0.25, 0.3) is 0 Å². The lowest BCUT2D eigenvalue weighted by Crippen LogP contribution is -2.32. The van der Waals surface area contributed by atoms with E-state index in [2.05, 4.69) is 4.99 Å². The Labute approximate surface area is 129 Å². The standard InChI is InChI=1S/C12H9Cl3F2N2O/c1-19(8-4-2-3-7(13)10(8)15)12(11(16)17)18-9(14)5-6-20/h2-6,11H,1H3/b9-5-,18-12-. The van der Waals surface area contributed by atoms with E-state index in [1.165, 1.54) is 19.2 Å². The second-order valence-corrected chi connectivity index (χ2v) is 4.70. The molecule has 0 aromatic heterocycles. The van der Waals surface area contributed by atoms with E-state index in [0.717, 1.165) is 11.0 Å². The fraction of sp³-hybridized carbons (Fsp3) is 0.167. The second-order valence-electron chi connectivity index (χ2n) is 3.53. The number of benzene rings is 1. The molecule has 0 aliphatic rings. The Morgan fingerprint density at radius 2 is 2.05 bits per heavy atom. The highest BCUT2D eigenvalue weighted by Gasteiger charge is 2.22. The van der Waals surface area contributed by atoms with Gasteiger partial charge in [0.25, 0.3) is 6.43 Å². The Kier molecular flexibility index (Phi) is 6.39. The van der Waals surface area contributed by atoms with E-state index in [-0.39, 0.29) is 20.9 Å². The number of nitrogens with zero attached hydrogens (tertiary/aromatic N) is 2. The highest BCUT2D eigenvalue weighted by molar-refractivity contribution is 6.44. The number of aldehydes is 1. The first-order chi connectivity index (χ1) is 9.38. The van der Waals surface area contributed by atoms with Crippen LogP contribution in [0.3, 0.4) is 0 Å². The summed E-state index contributed by atoms with van der Waals surface area (Å²) < 4.78 is 26.1. The van der Waals surface area contributed by atoms with Gasteiger partial charge in [-0.25, -0.2) is 13.8 Å². The van der Waals surface area contributed by atoms with E-state index in [0.29, 0.717) is 6.29 Å². The lowest BCUT2D eigenvalue weighted by molar-refractivity contribution is -0.104. The number of alkyl halides is 2. The number of aliphatic imine (C=N–C) groups is 1. The van der Waals surface area contributed by atoms with Crippen molar-refractivity contribution in [2.75, 3.05) is 11.9 Å². The number of carbonyl (C=O) groups excluding carboxylic acids is 1. The molecule has 20 heavy (non-hydrogen) atoms. The maximum Gasteiger partial charge on any atom is 0.295 e. The minimum atomic E-state index is -2.91. The predicted molar refractivity (Wildman–Crippen MR) is 78.3 cm³/mol. The molecule has 0 aliphatic carbocycles. The lowest BCUT2D eigenvalue weighted by atomic mass is 10.3. The summed E-state index contributed by atoms with van der Waals surface area (Å²) in [5.74, 6) is -0.655. The Balaban J connectivity index is 3.25. The van der Waals surface area contributed by atoms with Gasteiger partial charge >= 0.3 is 0 Å². The fourth-order valence-electron chi connectivity index (χ4n) is 1.35. The topological polar surface area (TPSA) is 32.7 Å². The fourth-order valence-corrected chi connectivity index (χ4v) is 1.91. The summed E-state index contributed by atoms with van der Waals surface area (Å²) >= 11 is 17.3. The van der Waals surface area contributed by atoms with Crippen LogP contribution < -0.4 is 4.90 Å². The van der Waals surface area contributed by atoms with Gasteiger partial charge in [0, 0.05) is 13.1 Å². The number of hydrogen-bond donors (Lipinski definition) is 0. The number of amidine groups is 1. The Hall–Kier alpha value is -1.17. The first kappa shape index (κ1) is 16.9. The molecule has 0 heterocycles. The Morgan fingerprint density at radius 1 is 1.40 bits per heavy atom. The van der Waals surface area contributed by atoms with Crippen LogP contribution in [0.5, 0.6) is 0 Å². The molecule has 0 atom stereocenters. The second kappa shape index (κ2) is 7.57. The monoisotopic (exact) mass is 340 g/mol. The molecule has 1 rings (SSSR count). The van der Waals surface area contributed by atoms with Gasteiger partial charge in [0.05, 0.1) is 15.7 Å². The molecule has 0 N–H and O–H groups in total. The first-order valence-corrected chi connectivity index (χ1v) is 6.37. The van der Waals surface area contributed by atoms with Gasteiger partial charge in [-0.15, -0.1) is 0 Å². The summed E-state index contributed by atoms with van der Waals surface area (Å²) in [6, 6.07) is 4.59. The first-order valence-electron chi connectivity index (χ1n) is 5.24. The van der Waals surface area contributed by atoms with Crippen LogP contribution in [0.15, 0.2) is 34.4 Å². The molecule has 0 radical (unpaired) electrons. The summed E-state index contributed by atoms with van der Waals surface area (Å²) in [6.45, 7) is 0. The number of anilines is 1. The molecule has 0 saturated carbocycles. The number of allylic oxidation sites excluding steroid dienone is 1. The van der Waals surface area contributed by atoms with Gasteiger partial charge in [0.15, 0.2) is 5.84 Å². The normalized spacial score (nSPS) is 12.8. The molecule has 108 valence electrons. The van der Waals surface area contributed by atoms with Crippen LogP contribution in [-0.4, -0.2) is 25.6 Å². The maximum atomic E-state index is 13.0. The van der Waals surface area contributed by atoms with Crippen molar-refractivity contribution in [2.24, 2.45) is 4.99 Å². The summed E-state index contributed by atoms with van der Waals surface area (Å²) in [7, 11) is 1.34. The van der Waals surface area contributed by atoms with E-state index in [4.69, 9.17) is 34.8 Å². The third-order valence-electron chi connectivity index (χ3n) is 2.26.